The summed E-state index contributed by atoms with van der Waals surface area (Å²) in [5, 5.41) is 2.91. The highest BCUT2D eigenvalue weighted by atomic mass is 16.7. The first-order chi connectivity index (χ1) is 20.8. The number of rotatable bonds is 12. The van der Waals surface area contributed by atoms with Crippen molar-refractivity contribution >= 4 is 17.8 Å². The fourth-order valence-electron chi connectivity index (χ4n) is 6.10. The van der Waals surface area contributed by atoms with E-state index in [1.54, 1.807) is 11.0 Å². The van der Waals surface area contributed by atoms with Crippen LogP contribution in [0.25, 0.3) is 0 Å². The molecular weight excluding hydrogens is 552 g/mol. The summed E-state index contributed by atoms with van der Waals surface area (Å²) in [4.78, 5) is 42.4. The van der Waals surface area contributed by atoms with E-state index >= 15 is 0 Å². The molecule has 1 N–H and O–H groups in total. The molecule has 0 aromatic heterocycles. The lowest BCUT2D eigenvalue weighted by Gasteiger charge is -2.51. The Balaban J connectivity index is 1.47. The van der Waals surface area contributed by atoms with Crippen LogP contribution in [0.1, 0.15) is 50.7 Å². The average Bonchev–Trinajstić information content (AvgIpc) is 3.48. The number of hydrogen-bond acceptors (Lipinski definition) is 8. The molecule has 0 spiro atoms. The second-order valence-corrected chi connectivity index (χ2v) is 11.3. The summed E-state index contributed by atoms with van der Waals surface area (Å²) in [6.45, 7) is 5.33. The lowest BCUT2D eigenvalue weighted by molar-refractivity contribution is -0.178. The number of fused-ring (bicyclic) bond motifs is 2. The van der Waals surface area contributed by atoms with Crippen molar-refractivity contribution in [2.45, 2.75) is 64.9 Å². The Kier molecular flexibility index (Phi) is 9.67. The SMILES string of the molecule is CCCCNC(=O)C[C@H]1C[C@@]2(C(=O)OC)C(=C[C@H](COCc3ccccc3)O[C@@H]2C)N(Cc2ccc3c(c2)OCO3)C1=O. The fourth-order valence-corrected chi connectivity index (χ4v) is 6.10. The molecule has 10 nitrogen and oxygen atoms in total. The molecule has 2 aromatic rings. The third-order valence-corrected chi connectivity index (χ3v) is 8.35. The maximum Gasteiger partial charge on any atom is 0.320 e. The van der Waals surface area contributed by atoms with Gasteiger partial charge < -0.3 is 33.9 Å². The topological polar surface area (TPSA) is 113 Å². The number of hydrogen-bond donors (Lipinski definition) is 1. The minimum absolute atomic E-state index is 0.0391. The summed E-state index contributed by atoms with van der Waals surface area (Å²) in [5.41, 5.74) is 1.04. The molecule has 4 atom stereocenters. The Morgan fingerprint density at radius 1 is 1.09 bits per heavy atom. The summed E-state index contributed by atoms with van der Waals surface area (Å²) in [6, 6.07) is 15.3. The van der Waals surface area contributed by atoms with E-state index < -0.39 is 29.5 Å². The lowest BCUT2D eigenvalue weighted by atomic mass is 9.66. The van der Waals surface area contributed by atoms with Gasteiger partial charge in [0.2, 0.25) is 18.6 Å². The van der Waals surface area contributed by atoms with E-state index in [4.69, 9.17) is 23.7 Å². The molecule has 3 aliphatic rings. The molecule has 43 heavy (non-hydrogen) atoms. The zero-order valence-electron chi connectivity index (χ0n) is 25.0. The first-order valence-corrected chi connectivity index (χ1v) is 14.9. The van der Waals surface area contributed by atoms with Gasteiger partial charge in [-0.1, -0.05) is 49.7 Å². The number of ether oxygens (including phenoxy) is 5. The van der Waals surface area contributed by atoms with Gasteiger partial charge in [-0.25, -0.2) is 0 Å². The van der Waals surface area contributed by atoms with E-state index in [-0.39, 0.29) is 44.6 Å². The van der Waals surface area contributed by atoms with E-state index in [2.05, 4.69) is 5.32 Å². The van der Waals surface area contributed by atoms with E-state index in [9.17, 15) is 14.4 Å². The minimum Gasteiger partial charge on any atom is -0.468 e. The van der Waals surface area contributed by atoms with Crippen molar-refractivity contribution in [2.24, 2.45) is 11.3 Å². The van der Waals surface area contributed by atoms with Crippen molar-refractivity contribution in [3.63, 3.8) is 0 Å². The number of esters is 1. The lowest BCUT2D eigenvalue weighted by Crippen LogP contribution is -2.60. The summed E-state index contributed by atoms with van der Waals surface area (Å²) in [5.74, 6) is -0.479. The Morgan fingerprint density at radius 2 is 1.88 bits per heavy atom. The van der Waals surface area contributed by atoms with Crippen molar-refractivity contribution in [3.8, 4) is 11.5 Å². The second kappa shape index (κ2) is 13.6. The van der Waals surface area contributed by atoms with Crippen LogP contribution in [0.15, 0.2) is 60.3 Å². The van der Waals surface area contributed by atoms with Crippen molar-refractivity contribution in [1.29, 1.82) is 0 Å². The minimum atomic E-state index is -1.29. The highest BCUT2D eigenvalue weighted by Crippen LogP contribution is 2.51. The van der Waals surface area contributed by atoms with Gasteiger partial charge in [0, 0.05) is 24.6 Å². The van der Waals surface area contributed by atoms with Crippen LogP contribution in [0.3, 0.4) is 0 Å². The smallest absolute Gasteiger partial charge is 0.320 e. The van der Waals surface area contributed by atoms with Gasteiger partial charge in [0.05, 0.1) is 33.0 Å². The van der Waals surface area contributed by atoms with Gasteiger partial charge in [-0.2, -0.15) is 0 Å². The number of likely N-dealkylation sites (tertiary alicyclic amines) is 1. The average molecular weight is 593 g/mol. The second-order valence-electron chi connectivity index (χ2n) is 11.3. The fraction of sp³-hybridized carbons (Fsp3) is 0.485. The number of benzene rings is 2. The first kappa shape index (κ1) is 30.6. The number of carbonyl (C=O) groups is 3. The van der Waals surface area contributed by atoms with E-state index in [0.717, 1.165) is 24.0 Å². The predicted octanol–water partition coefficient (Wildman–Crippen LogP) is 4.12. The maximum atomic E-state index is 14.2. The summed E-state index contributed by atoms with van der Waals surface area (Å²) in [6.07, 6.45) is 2.50. The molecule has 3 aliphatic heterocycles. The summed E-state index contributed by atoms with van der Waals surface area (Å²) in [7, 11) is 1.33. The normalized spacial score (nSPS) is 24.3. The van der Waals surface area contributed by atoms with Crippen LogP contribution in [0, 0.1) is 11.3 Å². The van der Waals surface area contributed by atoms with Gasteiger partial charge >= 0.3 is 5.97 Å². The molecule has 2 amide bonds. The molecule has 1 saturated heterocycles. The number of amides is 2. The Morgan fingerprint density at radius 3 is 2.65 bits per heavy atom. The van der Waals surface area contributed by atoms with Crippen LogP contribution in [-0.4, -0.2) is 61.9 Å². The molecule has 2 aromatic carbocycles. The molecule has 5 rings (SSSR count). The largest absolute Gasteiger partial charge is 0.468 e. The molecule has 230 valence electrons. The summed E-state index contributed by atoms with van der Waals surface area (Å²) < 4.78 is 28.7. The molecule has 0 radical (unpaired) electrons. The third-order valence-electron chi connectivity index (χ3n) is 8.35. The number of carbonyl (C=O) groups excluding carboxylic acids is 3. The molecule has 0 unspecified atom stereocenters. The Labute approximate surface area is 252 Å². The number of methoxy groups -OCH3 is 1. The molecule has 1 fully saturated rings. The number of unbranched alkanes of at least 4 members (excludes halogenated alkanes) is 1. The van der Waals surface area contributed by atoms with Gasteiger partial charge in [0.25, 0.3) is 0 Å². The Hall–Kier alpha value is -3.89. The molecule has 0 saturated carbocycles. The van der Waals surface area contributed by atoms with Crippen LogP contribution in [-0.2, 0) is 41.7 Å². The third kappa shape index (κ3) is 6.55. The quantitative estimate of drug-likeness (QED) is 0.290. The Bertz CT molecular complexity index is 1350. The zero-order chi connectivity index (χ0) is 30.4. The van der Waals surface area contributed by atoms with Gasteiger partial charge in [-0.05, 0) is 49.1 Å². The predicted molar refractivity (Wildman–Crippen MR) is 157 cm³/mol. The van der Waals surface area contributed by atoms with Crippen molar-refractivity contribution in [2.75, 3.05) is 27.1 Å². The maximum absolute atomic E-state index is 14.2. The van der Waals surface area contributed by atoms with Crippen molar-refractivity contribution < 1.29 is 38.1 Å². The van der Waals surface area contributed by atoms with Gasteiger partial charge in [0.15, 0.2) is 11.5 Å². The summed E-state index contributed by atoms with van der Waals surface area (Å²) >= 11 is 0. The highest BCUT2D eigenvalue weighted by molar-refractivity contribution is 5.92. The van der Waals surface area contributed by atoms with Crippen LogP contribution >= 0.6 is 0 Å². The van der Waals surface area contributed by atoms with E-state index in [0.29, 0.717) is 30.3 Å². The van der Waals surface area contributed by atoms with Gasteiger partial charge in [-0.15, -0.1) is 0 Å². The standard InChI is InChI=1S/C33H40N2O8/c1-4-5-13-34-30(36)15-25-17-33(32(38)39-3)22(2)43-26(20-40-19-23-9-7-6-8-10-23)16-29(33)35(31(25)37)18-24-11-12-27-28(14-24)42-21-41-27/h6-12,14,16,22,25-26H,4-5,13,15,17-21H2,1-3H3,(H,34,36)/t22-,25+,26-,33+/m1/s1. The molecule has 0 aliphatic carbocycles. The number of piperidine rings is 1. The molecule has 10 heteroatoms. The van der Waals surface area contributed by atoms with Gasteiger partial charge in [0.1, 0.15) is 11.5 Å². The van der Waals surface area contributed by atoms with Gasteiger partial charge in [-0.3, -0.25) is 14.4 Å². The van der Waals surface area contributed by atoms with Crippen LogP contribution in [0.4, 0.5) is 0 Å². The highest BCUT2D eigenvalue weighted by Gasteiger charge is 2.59. The van der Waals surface area contributed by atoms with Crippen LogP contribution < -0.4 is 14.8 Å². The zero-order valence-corrected chi connectivity index (χ0v) is 25.0. The number of nitrogens with zero attached hydrogens (tertiary/aromatic N) is 1. The van der Waals surface area contributed by atoms with E-state index in [1.165, 1.54) is 7.11 Å². The monoisotopic (exact) mass is 592 g/mol. The van der Waals surface area contributed by atoms with E-state index in [1.807, 2.05) is 62.4 Å². The van der Waals surface area contributed by atoms with Crippen molar-refractivity contribution in [1.82, 2.24) is 10.2 Å². The molecule has 0 bridgehead atoms. The molecular formula is C33H40N2O8. The molecule has 3 heterocycles. The van der Waals surface area contributed by atoms with Crippen LogP contribution in [0.5, 0.6) is 11.5 Å². The van der Waals surface area contributed by atoms with Crippen LogP contribution in [0.2, 0.25) is 0 Å². The number of nitrogens with one attached hydrogen (secondary N) is 1. The first-order valence-electron chi connectivity index (χ1n) is 14.9. The van der Waals surface area contributed by atoms with Crippen molar-refractivity contribution in [3.05, 3.63) is 71.4 Å².